The lowest BCUT2D eigenvalue weighted by Crippen LogP contribution is -2.52. The fraction of sp³-hybridized carbons (Fsp3) is 0.600. The molecule has 1 unspecified atom stereocenters. The number of piperazine rings is 1. The standard InChI is InChI=1S/C20H27N5O3S2/c1-14(29-20-23-22-19(30-20)21-15-6-3-2-4-7-15)17(26)24-9-11-25(12-10-24)18(27)16-8-5-13-28-16/h5,8,13-15H,2-4,6-7,9-12H2,1H3,(H,21,22). The van der Waals surface area contributed by atoms with Crippen molar-refractivity contribution in [3.63, 3.8) is 0 Å². The molecule has 1 aliphatic heterocycles. The zero-order valence-corrected chi connectivity index (χ0v) is 18.7. The van der Waals surface area contributed by atoms with Gasteiger partial charge in [-0.2, -0.15) is 0 Å². The Bertz CT molecular complexity index is 843. The first-order chi connectivity index (χ1) is 14.6. The largest absolute Gasteiger partial charge is 0.459 e. The highest BCUT2D eigenvalue weighted by Crippen LogP contribution is 2.31. The Kier molecular flexibility index (Phi) is 6.93. The molecule has 0 bridgehead atoms. The van der Waals surface area contributed by atoms with E-state index in [0.717, 1.165) is 9.47 Å². The molecule has 8 nitrogen and oxygen atoms in total. The van der Waals surface area contributed by atoms with Gasteiger partial charge >= 0.3 is 0 Å². The molecule has 2 fully saturated rings. The number of hydrogen-bond acceptors (Lipinski definition) is 8. The van der Waals surface area contributed by atoms with E-state index in [1.54, 1.807) is 17.0 Å². The molecule has 1 aliphatic carbocycles. The van der Waals surface area contributed by atoms with Crippen LogP contribution in [-0.2, 0) is 4.79 Å². The minimum atomic E-state index is -0.243. The van der Waals surface area contributed by atoms with Crippen LogP contribution in [0.25, 0.3) is 0 Å². The number of furan rings is 1. The van der Waals surface area contributed by atoms with Crippen LogP contribution in [0.15, 0.2) is 27.2 Å². The molecule has 3 heterocycles. The second kappa shape index (κ2) is 9.82. The molecule has 1 saturated carbocycles. The van der Waals surface area contributed by atoms with Crippen molar-refractivity contribution in [1.82, 2.24) is 20.0 Å². The molecule has 30 heavy (non-hydrogen) atoms. The zero-order chi connectivity index (χ0) is 20.9. The maximum absolute atomic E-state index is 12.9. The lowest BCUT2D eigenvalue weighted by Gasteiger charge is -2.35. The summed E-state index contributed by atoms with van der Waals surface area (Å²) in [5.41, 5.74) is 0. The number of rotatable bonds is 6. The van der Waals surface area contributed by atoms with Crippen molar-refractivity contribution >= 4 is 40.0 Å². The maximum Gasteiger partial charge on any atom is 0.289 e. The number of thioether (sulfide) groups is 1. The first kappa shape index (κ1) is 21.2. The highest BCUT2D eigenvalue weighted by molar-refractivity contribution is 8.02. The fourth-order valence-corrected chi connectivity index (χ4v) is 5.94. The molecule has 2 aromatic rings. The molecule has 0 spiro atoms. The van der Waals surface area contributed by atoms with Gasteiger partial charge in [0.15, 0.2) is 10.1 Å². The summed E-state index contributed by atoms with van der Waals surface area (Å²) in [7, 11) is 0. The molecular weight excluding hydrogens is 422 g/mol. The third-order valence-electron chi connectivity index (χ3n) is 5.58. The monoisotopic (exact) mass is 449 g/mol. The second-order valence-corrected chi connectivity index (χ2v) is 10.3. The zero-order valence-electron chi connectivity index (χ0n) is 17.1. The predicted octanol–water partition coefficient (Wildman–Crippen LogP) is 3.34. The van der Waals surface area contributed by atoms with Gasteiger partial charge in [0.1, 0.15) is 0 Å². The number of carbonyl (C=O) groups is 2. The van der Waals surface area contributed by atoms with E-state index in [1.807, 2.05) is 11.8 Å². The number of nitrogens with one attached hydrogen (secondary N) is 1. The topological polar surface area (TPSA) is 91.6 Å². The smallest absolute Gasteiger partial charge is 0.289 e. The van der Waals surface area contributed by atoms with Crippen LogP contribution in [0, 0.1) is 0 Å². The van der Waals surface area contributed by atoms with Crippen LogP contribution in [0.2, 0.25) is 0 Å². The average molecular weight is 450 g/mol. The first-order valence-electron chi connectivity index (χ1n) is 10.5. The molecule has 1 N–H and O–H groups in total. The third-order valence-corrected chi connectivity index (χ3v) is 7.60. The van der Waals surface area contributed by atoms with E-state index in [4.69, 9.17) is 4.42 Å². The van der Waals surface area contributed by atoms with Crippen LogP contribution in [0.4, 0.5) is 5.13 Å². The van der Waals surface area contributed by atoms with E-state index in [1.165, 1.54) is 61.5 Å². The Hall–Kier alpha value is -2.07. The highest BCUT2D eigenvalue weighted by atomic mass is 32.2. The van der Waals surface area contributed by atoms with Gasteiger partial charge in [0, 0.05) is 32.2 Å². The van der Waals surface area contributed by atoms with Crippen LogP contribution in [-0.4, -0.2) is 69.3 Å². The van der Waals surface area contributed by atoms with Gasteiger partial charge in [-0.3, -0.25) is 9.59 Å². The lowest BCUT2D eigenvalue weighted by molar-refractivity contribution is -0.131. The molecule has 0 aromatic carbocycles. The Labute approximate surface area is 184 Å². The number of carbonyl (C=O) groups excluding carboxylic acids is 2. The van der Waals surface area contributed by atoms with Crippen LogP contribution >= 0.6 is 23.1 Å². The lowest BCUT2D eigenvalue weighted by atomic mass is 9.96. The summed E-state index contributed by atoms with van der Waals surface area (Å²) in [6.45, 7) is 3.98. The molecule has 1 saturated heterocycles. The summed E-state index contributed by atoms with van der Waals surface area (Å²) in [5.74, 6) is 0.288. The number of aromatic nitrogens is 2. The van der Waals surface area contributed by atoms with Gasteiger partial charge in [0.05, 0.1) is 11.5 Å². The summed E-state index contributed by atoms with van der Waals surface area (Å²) >= 11 is 2.97. The van der Waals surface area contributed by atoms with Gasteiger partial charge in [0.25, 0.3) is 5.91 Å². The summed E-state index contributed by atoms with van der Waals surface area (Å²) in [6, 6.07) is 3.86. The van der Waals surface area contributed by atoms with Crippen LogP contribution < -0.4 is 5.32 Å². The van der Waals surface area contributed by atoms with Gasteiger partial charge in [-0.05, 0) is 31.9 Å². The number of nitrogens with zero attached hydrogens (tertiary/aromatic N) is 4. The van der Waals surface area contributed by atoms with Gasteiger partial charge < -0.3 is 19.5 Å². The summed E-state index contributed by atoms with van der Waals surface area (Å²) in [4.78, 5) is 28.8. The van der Waals surface area contributed by atoms with Crippen LogP contribution in [0.5, 0.6) is 0 Å². The van der Waals surface area contributed by atoms with Crippen molar-refractivity contribution in [3.8, 4) is 0 Å². The summed E-state index contributed by atoms with van der Waals surface area (Å²) < 4.78 is 5.99. The van der Waals surface area contributed by atoms with Crippen molar-refractivity contribution < 1.29 is 14.0 Å². The molecule has 162 valence electrons. The Balaban J connectivity index is 1.24. The molecular formula is C20H27N5O3S2. The highest BCUT2D eigenvalue weighted by Gasteiger charge is 2.29. The van der Waals surface area contributed by atoms with E-state index in [9.17, 15) is 9.59 Å². The van der Waals surface area contributed by atoms with Crippen molar-refractivity contribution in [2.24, 2.45) is 0 Å². The SMILES string of the molecule is CC(Sc1nnc(NC2CCCCC2)s1)C(=O)N1CCN(C(=O)c2ccco2)CC1. The van der Waals surface area contributed by atoms with Gasteiger partial charge in [-0.1, -0.05) is 42.4 Å². The number of amides is 2. The molecule has 0 radical (unpaired) electrons. The molecule has 2 aromatic heterocycles. The van der Waals surface area contributed by atoms with E-state index >= 15 is 0 Å². The molecule has 2 aliphatic rings. The average Bonchev–Trinajstić information content (AvgIpc) is 3.46. The quantitative estimate of drug-likeness (QED) is 0.676. The van der Waals surface area contributed by atoms with Crippen molar-refractivity contribution in [3.05, 3.63) is 24.2 Å². The first-order valence-corrected chi connectivity index (χ1v) is 12.2. The summed E-state index contributed by atoms with van der Waals surface area (Å²) in [6.07, 6.45) is 7.72. The van der Waals surface area contributed by atoms with Gasteiger partial charge in [-0.25, -0.2) is 0 Å². The van der Waals surface area contributed by atoms with Gasteiger partial charge in [-0.15, -0.1) is 10.2 Å². The van der Waals surface area contributed by atoms with E-state index in [2.05, 4.69) is 15.5 Å². The minimum Gasteiger partial charge on any atom is -0.459 e. The normalized spacial score (nSPS) is 19.0. The van der Waals surface area contributed by atoms with Gasteiger partial charge in [0.2, 0.25) is 11.0 Å². The van der Waals surface area contributed by atoms with E-state index in [-0.39, 0.29) is 17.1 Å². The summed E-state index contributed by atoms with van der Waals surface area (Å²) in [5, 5.41) is 12.6. The van der Waals surface area contributed by atoms with E-state index in [0.29, 0.717) is 38.0 Å². The third kappa shape index (κ3) is 5.15. The Morgan fingerprint density at radius 3 is 2.60 bits per heavy atom. The van der Waals surface area contributed by atoms with Crippen LogP contribution in [0.3, 0.4) is 0 Å². The van der Waals surface area contributed by atoms with Crippen LogP contribution in [0.1, 0.15) is 49.6 Å². The molecule has 1 atom stereocenters. The van der Waals surface area contributed by atoms with Crippen molar-refractivity contribution in [2.45, 2.75) is 54.7 Å². The van der Waals surface area contributed by atoms with Crippen molar-refractivity contribution in [1.29, 1.82) is 0 Å². The Morgan fingerprint density at radius 2 is 1.90 bits per heavy atom. The molecule has 4 rings (SSSR count). The fourth-order valence-electron chi connectivity index (χ4n) is 3.88. The second-order valence-electron chi connectivity index (χ2n) is 7.71. The number of hydrogen-bond donors (Lipinski definition) is 1. The molecule has 10 heteroatoms. The predicted molar refractivity (Wildman–Crippen MR) is 117 cm³/mol. The Morgan fingerprint density at radius 1 is 1.17 bits per heavy atom. The number of anilines is 1. The molecule has 2 amide bonds. The van der Waals surface area contributed by atoms with Crippen molar-refractivity contribution in [2.75, 3.05) is 31.5 Å². The minimum absolute atomic E-state index is 0.0714. The maximum atomic E-state index is 12.9. The van der Waals surface area contributed by atoms with E-state index < -0.39 is 0 Å².